The van der Waals surface area contributed by atoms with Crippen LogP contribution in [-0.2, 0) is 11.3 Å². The van der Waals surface area contributed by atoms with E-state index in [1.54, 1.807) is 24.3 Å². The summed E-state index contributed by atoms with van der Waals surface area (Å²) in [7, 11) is 0. The topological polar surface area (TPSA) is 55.6 Å². The lowest BCUT2D eigenvalue weighted by molar-refractivity contribution is -0.121. The van der Waals surface area contributed by atoms with Crippen molar-refractivity contribution in [1.29, 1.82) is 0 Å². The van der Waals surface area contributed by atoms with Crippen LogP contribution in [0.4, 0.5) is 15.8 Å². The zero-order valence-corrected chi connectivity index (χ0v) is 12.6. The summed E-state index contributed by atoms with van der Waals surface area (Å²) in [5, 5.41) is 0. The van der Waals surface area contributed by atoms with Gasteiger partial charge in [0.25, 0.3) is 5.91 Å². The smallest absolute Gasteiger partial charge is 0.265 e. The molecule has 1 amide bonds. The highest BCUT2D eigenvalue weighted by Crippen LogP contribution is 2.35. The Morgan fingerprint density at radius 1 is 1.33 bits per heavy atom. The molecule has 0 saturated carbocycles. The number of amides is 1. The van der Waals surface area contributed by atoms with Gasteiger partial charge in [-0.25, -0.2) is 4.39 Å². The van der Waals surface area contributed by atoms with E-state index >= 15 is 0 Å². The predicted molar refractivity (Wildman–Crippen MR) is 81.6 cm³/mol. The van der Waals surface area contributed by atoms with E-state index < -0.39 is 5.82 Å². The number of halogens is 2. The zero-order valence-electron chi connectivity index (χ0n) is 11.0. The lowest BCUT2D eigenvalue weighted by Gasteiger charge is -2.29. The van der Waals surface area contributed by atoms with Crippen molar-refractivity contribution in [2.24, 2.45) is 0 Å². The van der Waals surface area contributed by atoms with Crippen LogP contribution < -0.4 is 15.4 Å². The average Bonchev–Trinajstić information content (AvgIpc) is 2.46. The van der Waals surface area contributed by atoms with Gasteiger partial charge in [0, 0.05) is 10.0 Å². The number of benzene rings is 2. The number of hydrogen-bond acceptors (Lipinski definition) is 3. The highest BCUT2D eigenvalue weighted by Gasteiger charge is 2.26. The van der Waals surface area contributed by atoms with Gasteiger partial charge in [-0.15, -0.1) is 0 Å². The first-order valence-electron chi connectivity index (χ1n) is 6.32. The Kier molecular flexibility index (Phi) is 3.55. The Hall–Kier alpha value is -2.08. The quantitative estimate of drug-likeness (QED) is 0.846. The highest BCUT2D eigenvalue weighted by molar-refractivity contribution is 9.10. The number of hydrogen-bond donors (Lipinski definition) is 1. The fourth-order valence-corrected chi connectivity index (χ4v) is 2.59. The average molecular weight is 351 g/mol. The van der Waals surface area contributed by atoms with Crippen LogP contribution in [0.1, 0.15) is 5.56 Å². The second-order valence-corrected chi connectivity index (χ2v) is 5.62. The lowest BCUT2D eigenvalue weighted by atomic mass is 10.1. The Balaban J connectivity index is 2.00. The molecule has 4 nitrogen and oxygen atoms in total. The third-order valence-electron chi connectivity index (χ3n) is 3.30. The molecule has 2 aromatic carbocycles. The van der Waals surface area contributed by atoms with Gasteiger partial charge in [0.15, 0.2) is 12.4 Å². The van der Waals surface area contributed by atoms with Crippen molar-refractivity contribution in [3.63, 3.8) is 0 Å². The number of nitrogen functional groups attached to an aromatic ring is 1. The summed E-state index contributed by atoms with van der Waals surface area (Å²) in [6.45, 7) is 0.0566. The van der Waals surface area contributed by atoms with Crippen molar-refractivity contribution in [1.82, 2.24) is 0 Å². The molecule has 0 bridgehead atoms. The summed E-state index contributed by atoms with van der Waals surface area (Å²) in [6.07, 6.45) is 0. The Morgan fingerprint density at radius 3 is 2.95 bits per heavy atom. The second kappa shape index (κ2) is 5.37. The van der Waals surface area contributed by atoms with Crippen LogP contribution in [0.3, 0.4) is 0 Å². The van der Waals surface area contributed by atoms with Gasteiger partial charge >= 0.3 is 0 Å². The molecule has 6 heteroatoms. The molecule has 0 atom stereocenters. The summed E-state index contributed by atoms with van der Waals surface area (Å²) < 4.78 is 20.2. The molecule has 3 rings (SSSR count). The minimum absolute atomic E-state index is 0.0570. The first-order chi connectivity index (χ1) is 10.1. The molecule has 0 radical (unpaired) electrons. The van der Waals surface area contributed by atoms with Gasteiger partial charge in [-0.05, 0) is 24.3 Å². The number of fused-ring (bicyclic) bond motifs is 1. The largest absolute Gasteiger partial charge is 0.482 e. The first kappa shape index (κ1) is 13.9. The molecule has 2 aromatic rings. The minimum Gasteiger partial charge on any atom is -0.482 e. The van der Waals surface area contributed by atoms with Gasteiger partial charge in [0.05, 0.1) is 17.9 Å². The number of nitrogens with zero attached hydrogens (tertiary/aromatic N) is 1. The lowest BCUT2D eigenvalue weighted by Crippen LogP contribution is -2.38. The van der Waals surface area contributed by atoms with E-state index in [4.69, 9.17) is 10.5 Å². The molecule has 108 valence electrons. The first-order valence-corrected chi connectivity index (χ1v) is 7.11. The summed E-state index contributed by atoms with van der Waals surface area (Å²) in [4.78, 5) is 13.6. The summed E-state index contributed by atoms with van der Waals surface area (Å²) in [5.41, 5.74) is 6.63. The summed E-state index contributed by atoms with van der Waals surface area (Å²) in [6, 6.07) is 10.1. The van der Waals surface area contributed by atoms with Crippen LogP contribution in [0.5, 0.6) is 5.75 Å². The van der Waals surface area contributed by atoms with Gasteiger partial charge in [0.1, 0.15) is 5.75 Å². The molecule has 0 aromatic heterocycles. The van der Waals surface area contributed by atoms with E-state index in [1.165, 1.54) is 11.0 Å². The fourth-order valence-electron chi connectivity index (χ4n) is 2.24. The molecule has 0 aliphatic carbocycles. The van der Waals surface area contributed by atoms with Crippen LogP contribution in [0.15, 0.2) is 40.9 Å². The maximum atomic E-state index is 14.0. The summed E-state index contributed by atoms with van der Waals surface area (Å²) >= 11 is 3.36. The SMILES string of the molecule is Nc1cccc(CN2C(=O)COc3ccc(Br)cc32)c1F. The van der Waals surface area contributed by atoms with Crippen molar-refractivity contribution < 1.29 is 13.9 Å². The molecule has 0 unspecified atom stereocenters. The molecule has 0 saturated heterocycles. The third kappa shape index (κ3) is 2.58. The number of carbonyl (C=O) groups is 1. The molecule has 1 heterocycles. The number of nitrogens with two attached hydrogens (primary N) is 1. The zero-order chi connectivity index (χ0) is 15.0. The normalized spacial score (nSPS) is 13.8. The van der Waals surface area contributed by atoms with E-state index in [-0.39, 0.29) is 24.7 Å². The van der Waals surface area contributed by atoms with Gasteiger partial charge in [0.2, 0.25) is 0 Å². The maximum Gasteiger partial charge on any atom is 0.265 e. The van der Waals surface area contributed by atoms with Crippen LogP contribution in [-0.4, -0.2) is 12.5 Å². The molecular weight excluding hydrogens is 339 g/mol. The Morgan fingerprint density at radius 2 is 2.14 bits per heavy atom. The fraction of sp³-hybridized carbons (Fsp3) is 0.133. The number of anilines is 2. The van der Waals surface area contributed by atoms with Crippen LogP contribution in [0, 0.1) is 5.82 Å². The van der Waals surface area contributed by atoms with Gasteiger partial charge in [-0.1, -0.05) is 28.1 Å². The van der Waals surface area contributed by atoms with E-state index in [0.29, 0.717) is 17.0 Å². The molecule has 0 spiro atoms. The monoisotopic (exact) mass is 350 g/mol. The Labute approximate surface area is 129 Å². The van der Waals surface area contributed by atoms with E-state index in [0.717, 1.165) is 4.47 Å². The second-order valence-electron chi connectivity index (χ2n) is 4.70. The standard InChI is InChI=1S/C15H12BrFN2O2/c16-10-4-5-13-12(6-10)19(14(20)8-21-13)7-9-2-1-3-11(18)15(9)17/h1-6H,7-8,18H2. The number of rotatable bonds is 2. The molecular formula is C15H12BrFN2O2. The van der Waals surface area contributed by atoms with Crippen molar-refractivity contribution >= 4 is 33.2 Å². The summed E-state index contributed by atoms with van der Waals surface area (Å²) in [5.74, 6) is -0.113. The predicted octanol–water partition coefficient (Wildman–Crippen LogP) is 3.10. The van der Waals surface area contributed by atoms with Crippen molar-refractivity contribution in [3.05, 3.63) is 52.3 Å². The van der Waals surface area contributed by atoms with Gasteiger partial charge < -0.3 is 15.4 Å². The van der Waals surface area contributed by atoms with Crippen molar-refractivity contribution in [3.8, 4) is 5.75 Å². The molecule has 2 N–H and O–H groups in total. The highest BCUT2D eigenvalue weighted by atomic mass is 79.9. The molecule has 1 aliphatic heterocycles. The molecule has 1 aliphatic rings. The Bertz CT molecular complexity index is 721. The van der Waals surface area contributed by atoms with E-state index in [9.17, 15) is 9.18 Å². The van der Waals surface area contributed by atoms with Crippen LogP contribution >= 0.6 is 15.9 Å². The van der Waals surface area contributed by atoms with Crippen molar-refractivity contribution in [2.75, 3.05) is 17.2 Å². The van der Waals surface area contributed by atoms with Crippen LogP contribution in [0.2, 0.25) is 0 Å². The van der Waals surface area contributed by atoms with E-state index in [2.05, 4.69) is 15.9 Å². The van der Waals surface area contributed by atoms with Gasteiger partial charge in [-0.2, -0.15) is 0 Å². The van der Waals surface area contributed by atoms with Crippen molar-refractivity contribution in [2.45, 2.75) is 6.54 Å². The van der Waals surface area contributed by atoms with E-state index in [1.807, 2.05) is 6.07 Å². The maximum absolute atomic E-state index is 14.0. The number of ether oxygens (including phenoxy) is 1. The third-order valence-corrected chi connectivity index (χ3v) is 3.79. The number of carbonyl (C=O) groups excluding carboxylic acids is 1. The minimum atomic E-state index is -0.492. The van der Waals surface area contributed by atoms with Crippen LogP contribution in [0.25, 0.3) is 0 Å². The molecule has 21 heavy (non-hydrogen) atoms. The van der Waals surface area contributed by atoms with Gasteiger partial charge in [-0.3, -0.25) is 4.79 Å². The molecule has 0 fully saturated rings.